The quantitative estimate of drug-likeness (QED) is 0.296. The maximum Gasteiger partial charge on any atom is 0.328 e. The fourth-order valence-electron chi connectivity index (χ4n) is 3.31. The summed E-state index contributed by atoms with van der Waals surface area (Å²) in [6.45, 7) is 17.9. The van der Waals surface area contributed by atoms with Gasteiger partial charge in [0.2, 0.25) is 0 Å². The van der Waals surface area contributed by atoms with Gasteiger partial charge in [0.05, 0.1) is 0 Å². The summed E-state index contributed by atoms with van der Waals surface area (Å²) in [6, 6.07) is 14.3. The second-order valence-corrected chi connectivity index (χ2v) is 11.3. The minimum atomic E-state index is -1.26. The highest BCUT2D eigenvalue weighted by Crippen LogP contribution is 2.43. The maximum absolute atomic E-state index is 10.4. The first-order chi connectivity index (χ1) is 17.5. The summed E-state index contributed by atoms with van der Waals surface area (Å²) in [5, 5.41) is 29.3. The van der Waals surface area contributed by atoms with E-state index < -0.39 is 18.0 Å². The number of carbonyl (C=O) groups is 2. The molecule has 0 aromatic heterocycles. The third-order valence-corrected chi connectivity index (χ3v) is 5.21. The number of benzene rings is 2. The molecule has 4 N–H and O–H groups in total. The van der Waals surface area contributed by atoms with Crippen LogP contribution in [-0.4, -0.2) is 52.6 Å². The lowest BCUT2D eigenvalue weighted by Gasteiger charge is -2.31. The van der Waals surface area contributed by atoms with E-state index in [0.717, 1.165) is 28.4 Å². The van der Waals surface area contributed by atoms with Gasteiger partial charge in [0.15, 0.2) is 0 Å². The molecule has 8 heteroatoms. The number of hydrogen-bond acceptors (Lipinski definition) is 6. The van der Waals surface area contributed by atoms with E-state index in [-0.39, 0.29) is 17.4 Å². The van der Waals surface area contributed by atoms with Crippen LogP contribution >= 0.6 is 0 Å². The lowest BCUT2D eigenvalue weighted by molar-refractivity contribution is -0.134. The van der Waals surface area contributed by atoms with Gasteiger partial charge in [-0.15, -0.1) is 0 Å². The number of aliphatic hydroxyl groups excluding tert-OH is 1. The highest BCUT2D eigenvalue weighted by atomic mass is 16.5. The first-order valence-electron chi connectivity index (χ1n) is 12.6. The van der Waals surface area contributed by atoms with Crippen molar-refractivity contribution in [3.05, 3.63) is 65.7 Å². The Labute approximate surface area is 226 Å². The van der Waals surface area contributed by atoms with E-state index in [1.165, 1.54) is 0 Å². The second-order valence-electron chi connectivity index (χ2n) is 11.3. The Morgan fingerprint density at radius 3 is 1.74 bits per heavy atom. The van der Waals surface area contributed by atoms with Crippen molar-refractivity contribution in [2.75, 3.05) is 13.2 Å². The molecule has 0 bridgehead atoms. The molecule has 0 aliphatic carbocycles. The fraction of sp³-hybridized carbons (Fsp3) is 0.467. The zero-order valence-corrected chi connectivity index (χ0v) is 23.7. The van der Waals surface area contributed by atoms with Gasteiger partial charge in [-0.1, -0.05) is 73.6 Å². The van der Waals surface area contributed by atoms with Crippen LogP contribution in [-0.2, 0) is 20.4 Å². The molecule has 0 radical (unpaired) electrons. The minimum Gasteiger partial charge on any atom is -0.490 e. The van der Waals surface area contributed by atoms with Crippen LogP contribution in [0.5, 0.6) is 17.2 Å². The third-order valence-electron chi connectivity index (χ3n) is 5.21. The summed E-state index contributed by atoms with van der Waals surface area (Å²) in [5.41, 5.74) is 1.86. The number of ether oxygens (including phenoxy) is 2. The third kappa shape index (κ3) is 12.3. The zero-order valence-electron chi connectivity index (χ0n) is 23.7. The number of hydrogen-bond donors (Lipinski definition) is 4. The van der Waals surface area contributed by atoms with Crippen molar-refractivity contribution >= 4 is 11.9 Å². The van der Waals surface area contributed by atoms with Gasteiger partial charge in [-0.25, -0.2) is 9.59 Å². The highest BCUT2D eigenvalue weighted by Gasteiger charge is 2.29. The van der Waals surface area contributed by atoms with Crippen LogP contribution in [0.1, 0.15) is 66.5 Å². The summed E-state index contributed by atoms with van der Waals surface area (Å²) in [4.78, 5) is 19.1. The van der Waals surface area contributed by atoms with Gasteiger partial charge in [-0.3, -0.25) is 0 Å². The standard InChI is InChI=1S/C26H39NO3.C4H4O4/c1-18(2)27-16-19(28)17-29-24-22(25(3,4)5)14-21(15-23(24)26(6,7)8)30-20-12-10-9-11-13-20;5-3(6)1-2-4(7)8/h9-15,18-19,27-28H,16-17H2,1-8H3;1-2H,(H,5,6)(H,7,8)/b;2-1-. The molecule has 0 fully saturated rings. The molecule has 0 saturated carbocycles. The Bertz CT molecular complexity index is 1010. The molecular formula is C30H43NO7. The van der Waals surface area contributed by atoms with Crippen LogP contribution in [0.4, 0.5) is 0 Å². The lowest BCUT2D eigenvalue weighted by Crippen LogP contribution is -2.35. The van der Waals surface area contributed by atoms with Crippen molar-refractivity contribution in [3.63, 3.8) is 0 Å². The summed E-state index contributed by atoms with van der Waals surface area (Å²) in [7, 11) is 0. The number of carboxylic acid groups (broad SMARTS) is 2. The van der Waals surface area contributed by atoms with E-state index in [1.807, 2.05) is 30.3 Å². The predicted octanol–water partition coefficient (Wildman–Crippen LogP) is 5.52. The number of aliphatic carboxylic acids is 2. The summed E-state index contributed by atoms with van der Waals surface area (Å²) in [6.07, 6.45) is 0.540. The van der Waals surface area contributed by atoms with E-state index in [2.05, 4.69) is 72.8 Å². The van der Waals surface area contributed by atoms with Gasteiger partial charge in [0, 0.05) is 35.9 Å². The number of carboxylic acids is 2. The highest BCUT2D eigenvalue weighted by molar-refractivity contribution is 5.89. The number of para-hydroxylation sites is 1. The molecule has 2 aromatic rings. The zero-order chi connectivity index (χ0) is 29.1. The smallest absolute Gasteiger partial charge is 0.328 e. The number of nitrogens with one attached hydrogen (secondary N) is 1. The molecule has 0 spiro atoms. The molecule has 2 aromatic carbocycles. The molecule has 2 rings (SSSR count). The minimum absolute atomic E-state index is 0.146. The Morgan fingerprint density at radius 1 is 0.868 bits per heavy atom. The molecule has 0 aliphatic heterocycles. The van der Waals surface area contributed by atoms with Crippen molar-refractivity contribution in [1.29, 1.82) is 0 Å². The first-order valence-corrected chi connectivity index (χ1v) is 12.6. The molecule has 0 amide bonds. The fourth-order valence-corrected chi connectivity index (χ4v) is 3.31. The second kappa shape index (κ2) is 14.5. The summed E-state index contributed by atoms with van der Waals surface area (Å²) < 4.78 is 12.5. The molecule has 38 heavy (non-hydrogen) atoms. The SMILES string of the molecule is CC(C)NCC(O)COc1c(C(C)(C)C)cc(Oc2ccccc2)cc1C(C)(C)C.O=C(O)/C=C\C(=O)O. The van der Waals surface area contributed by atoms with Crippen LogP contribution in [0.3, 0.4) is 0 Å². The van der Waals surface area contributed by atoms with Gasteiger partial charge in [-0.2, -0.15) is 0 Å². The van der Waals surface area contributed by atoms with Crippen LogP contribution in [0.15, 0.2) is 54.6 Å². The normalized spacial score (nSPS) is 12.6. The van der Waals surface area contributed by atoms with Gasteiger partial charge in [0.1, 0.15) is 30.0 Å². The molecule has 8 nitrogen and oxygen atoms in total. The van der Waals surface area contributed by atoms with Crippen molar-refractivity contribution in [3.8, 4) is 17.2 Å². The van der Waals surface area contributed by atoms with Gasteiger partial charge in [-0.05, 0) is 35.1 Å². The molecule has 1 unspecified atom stereocenters. The average molecular weight is 530 g/mol. The number of rotatable bonds is 10. The number of aliphatic hydroxyl groups is 1. The molecule has 210 valence electrons. The summed E-state index contributed by atoms with van der Waals surface area (Å²) >= 11 is 0. The van der Waals surface area contributed by atoms with Crippen LogP contribution in [0.25, 0.3) is 0 Å². The van der Waals surface area contributed by atoms with E-state index in [4.69, 9.17) is 19.7 Å². The topological polar surface area (TPSA) is 125 Å². The van der Waals surface area contributed by atoms with Crippen LogP contribution < -0.4 is 14.8 Å². The Hall–Kier alpha value is -3.36. The van der Waals surface area contributed by atoms with E-state index in [0.29, 0.717) is 24.7 Å². The molecule has 0 aliphatic rings. The van der Waals surface area contributed by atoms with E-state index in [9.17, 15) is 14.7 Å². The van der Waals surface area contributed by atoms with Crippen molar-refractivity contribution in [2.24, 2.45) is 0 Å². The van der Waals surface area contributed by atoms with Crippen molar-refractivity contribution in [2.45, 2.75) is 78.4 Å². The van der Waals surface area contributed by atoms with Gasteiger partial charge < -0.3 is 30.1 Å². The molecule has 1 atom stereocenters. The summed E-state index contributed by atoms with van der Waals surface area (Å²) in [5.74, 6) is -0.0645. The van der Waals surface area contributed by atoms with Crippen molar-refractivity contribution < 1.29 is 34.4 Å². The lowest BCUT2D eigenvalue weighted by atomic mass is 9.79. The average Bonchev–Trinajstić information content (AvgIpc) is 2.80. The van der Waals surface area contributed by atoms with Gasteiger partial charge >= 0.3 is 11.9 Å². The first kappa shape index (κ1) is 32.7. The Balaban J connectivity index is 0.000000781. The van der Waals surface area contributed by atoms with Crippen LogP contribution in [0.2, 0.25) is 0 Å². The Morgan fingerprint density at radius 2 is 1.34 bits per heavy atom. The van der Waals surface area contributed by atoms with Crippen LogP contribution in [0, 0.1) is 0 Å². The Kier molecular flexibility index (Phi) is 12.5. The predicted molar refractivity (Wildman–Crippen MR) is 149 cm³/mol. The largest absolute Gasteiger partial charge is 0.490 e. The molecule has 0 heterocycles. The molecular weight excluding hydrogens is 486 g/mol. The van der Waals surface area contributed by atoms with Crippen molar-refractivity contribution in [1.82, 2.24) is 5.32 Å². The molecule has 0 saturated heterocycles. The maximum atomic E-state index is 10.4. The van der Waals surface area contributed by atoms with E-state index in [1.54, 1.807) is 0 Å². The van der Waals surface area contributed by atoms with E-state index >= 15 is 0 Å². The van der Waals surface area contributed by atoms with Gasteiger partial charge in [0.25, 0.3) is 0 Å². The monoisotopic (exact) mass is 529 g/mol.